The Morgan fingerprint density at radius 1 is 1.33 bits per heavy atom. The smallest absolute Gasteiger partial charge is 0.254 e. The zero-order valence-corrected chi connectivity index (χ0v) is 15.4. The van der Waals surface area contributed by atoms with E-state index in [1.807, 2.05) is 31.7 Å². The van der Waals surface area contributed by atoms with Gasteiger partial charge in [0.25, 0.3) is 5.91 Å². The van der Waals surface area contributed by atoms with Gasteiger partial charge in [-0.15, -0.1) is 0 Å². The SMILES string of the molecule is CC1CN(C(=O)c2ccc3c(c2)CCN3S(C)(=O)=O)CC(C)(C)O1. The average molecular weight is 352 g/mol. The molecule has 1 saturated heterocycles. The van der Waals surface area contributed by atoms with Gasteiger partial charge in [0.15, 0.2) is 0 Å². The Morgan fingerprint density at radius 3 is 2.67 bits per heavy atom. The number of anilines is 1. The summed E-state index contributed by atoms with van der Waals surface area (Å²) in [6.45, 7) is 7.48. The van der Waals surface area contributed by atoms with E-state index in [0.29, 0.717) is 37.3 Å². The minimum atomic E-state index is -3.27. The van der Waals surface area contributed by atoms with Crippen LogP contribution in [-0.4, -0.2) is 56.8 Å². The highest BCUT2D eigenvalue weighted by atomic mass is 32.2. The van der Waals surface area contributed by atoms with Crippen molar-refractivity contribution >= 4 is 21.6 Å². The minimum absolute atomic E-state index is 0.00662. The lowest BCUT2D eigenvalue weighted by Crippen LogP contribution is -2.53. The minimum Gasteiger partial charge on any atom is -0.369 e. The van der Waals surface area contributed by atoms with Gasteiger partial charge in [0, 0.05) is 25.2 Å². The molecule has 2 aliphatic rings. The third kappa shape index (κ3) is 3.28. The fourth-order valence-corrected chi connectivity index (χ4v) is 4.60. The van der Waals surface area contributed by atoms with Crippen LogP contribution in [-0.2, 0) is 21.2 Å². The molecule has 0 radical (unpaired) electrons. The van der Waals surface area contributed by atoms with E-state index in [2.05, 4.69) is 0 Å². The van der Waals surface area contributed by atoms with Crippen LogP contribution >= 0.6 is 0 Å². The first-order chi connectivity index (χ1) is 11.1. The Kier molecular flexibility index (Phi) is 4.12. The first kappa shape index (κ1) is 17.2. The molecule has 2 aliphatic heterocycles. The monoisotopic (exact) mass is 352 g/mol. The van der Waals surface area contributed by atoms with Crippen LogP contribution in [0.25, 0.3) is 0 Å². The summed E-state index contributed by atoms with van der Waals surface area (Å²) in [5, 5.41) is 0. The van der Waals surface area contributed by atoms with Crippen molar-refractivity contribution < 1.29 is 17.9 Å². The molecule has 0 aromatic heterocycles. The maximum absolute atomic E-state index is 12.8. The van der Waals surface area contributed by atoms with Crippen molar-refractivity contribution in [3.05, 3.63) is 29.3 Å². The summed E-state index contributed by atoms with van der Waals surface area (Å²) in [5.74, 6) is -0.0289. The molecule has 1 aromatic rings. The highest BCUT2D eigenvalue weighted by Crippen LogP contribution is 2.31. The number of carbonyl (C=O) groups excluding carboxylic acids is 1. The van der Waals surface area contributed by atoms with E-state index in [4.69, 9.17) is 4.74 Å². The maximum atomic E-state index is 12.8. The molecule has 1 fully saturated rings. The Balaban J connectivity index is 1.85. The number of fused-ring (bicyclic) bond motifs is 1. The second-order valence-electron chi connectivity index (χ2n) is 7.30. The van der Waals surface area contributed by atoms with E-state index in [-0.39, 0.29) is 17.6 Å². The second kappa shape index (κ2) is 5.74. The normalized spacial score (nSPS) is 23.2. The van der Waals surface area contributed by atoms with Gasteiger partial charge in [-0.1, -0.05) is 0 Å². The molecule has 0 bridgehead atoms. The van der Waals surface area contributed by atoms with Crippen LogP contribution in [0.4, 0.5) is 5.69 Å². The Labute approximate surface area is 143 Å². The van der Waals surface area contributed by atoms with Gasteiger partial charge in [0.05, 0.1) is 23.6 Å². The molecule has 2 heterocycles. The highest BCUT2D eigenvalue weighted by Gasteiger charge is 2.34. The number of nitrogens with zero attached hydrogens (tertiary/aromatic N) is 2. The molecule has 7 heteroatoms. The fraction of sp³-hybridized carbons (Fsp3) is 0.588. The number of morpholine rings is 1. The molecule has 6 nitrogen and oxygen atoms in total. The molecule has 0 saturated carbocycles. The van der Waals surface area contributed by atoms with Gasteiger partial charge >= 0.3 is 0 Å². The molecule has 1 amide bonds. The summed E-state index contributed by atoms with van der Waals surface area (Å²) in [4.78, 5) is 14.7. The van der Waals surface area contributed by atoms with Gasteiger partial charge in [-0.05, 0) is 51.0 Å². The van der Waals surface area contributed by atoms with E-state index in [1.165, 1.54) is 10.6 Å². The predicted molar refractivity (Wildman–Crippen MR) is 92.9 cm³/mol. The van der Waals surface area contributed by atoms with Crippen LogP contribution in [0.3, 0.4) is 0 Å². The van der Waals surface area contributed by atoms with E-state index in [1.54, 1.807) is 12.1 Å². The molecule has 0 N–H and O–H groups in total. The van der Waals surface area contributed by atoms with Gasteiger partial charge in [-0.2, -0.15) is 0 Å². The largest absolute Gasteiger partial charge is 0.369 e. The van der Waals surface area contributed by atoms with Crippen molar-refractivity contribution in [3.63, 3.8) is 0 Å². The number of carbonyl (C=O) groups is 1. The molecule has 1 atom stereocenters. The van der Waals surface area contributed by atoms with Gasteiger partial charge in [0.1, 0.15) is 0 Å². The van der Waals surface area contributed by atoms with Crippen LogP contribution in [0.15, 0.2) is 18.2 Å². The standard InChI is InChI=1S/C17H24N2O4S/c1-12-10-18(11-17(2,3)23-12)16(20)14-5-6-15-13(9-14)7-8-19(15)24(4,21)22/h5-6,9,12H,7-8,10-11H2,1-4H3. The van der Waals surface area contributed by atoms with E-state index in [0.717, 1.165) is 5.56 Å². The average Bonchev–Trinajstić information content (AvgIpc) is 2.87. The fourth-order valence-electron chi connectivity index (χ4n) is 3.64. The second-order valence-corrected chi connectivity index (χ2v) is 9.21. The molecule has 3 rings (SSSR count). The van der Waals surface area contributed by atoms with Crippen LogP contribution in [0, 0.1) is 0 Å². The van der Waals surface area contributed by atoms with Gasteiger partial charge < -0.3 is 9.64 Å². The number of ether oxygens (including phenoxy) is 1. The third-order valence-electron chi connectivity index (χ3n) is 4.44. The predicted octanol–water partition coefficient (Wildman–Crippen LogP) is 1.65. The van der Waals surface area contributed by atoms with Crippen LogP contribution in [0.1, 0.15) is 36.7 Å². The topological polar surface area (TPSA) is 66.9 Å². The highest BCUT2D eigenvalue weighted by molar-refractivity contribution is 7.92. The van der Waals surface area contributed by atoms with Crippen molar-refractivity contribution in [2.75, 3.05) is 30.2 Å². The van der Waals surface area contributed by atoms with Crippen molar-refractivity contribution in [1.82, 2.24) is 4.90 Å². The quantitative estimate of drug-likeness (QED) is 0.812. The van der Waals surface area contributed by atoms with Gasteiger partial charge in [0.2, 0.25) is 10.0 Å². The van der Waals surface area contributed by atoms with Crippen LogP contribution in [0.5, 0.6) is 0 Å². The number of hydrogen-bond donors (Lipinski definition) is 0. The Morgan fingerprint density at radius 2 is 2.04 bits per heavy atom. The molecule has 0 spiro atoms. The van der Waals surface area contributed by atoms with E-state index >= 15 is 0 Å². The zero-order chi connectivity index (χ0) is 17.7. The van der Waals surface area contributed by atoms with Crippen LogP contribution < -0.4 is 4.31 Å². The molecule has 0 aliphatic carbocycles. The number of sulfonamides is 1. The zero-order valence-electron chi connectivity index (χ0n) is 14.6. The summed E-state index contributed by atoms with van der Waals surface area (Å²) in [6.07, 6.45) is 1.83. The molecule has 1 unspecified atom stereocenters. The Hall–Kier alpha value is -1.60. The lowest BCUT2D eigenvalue weighted by Gasteiger charge is -2.41. The third-order valence-corrected chi connectivity index (χ3v) is 5.62. The first-order valence-electron chi connectivity index (χ1n) is 8.14. The van der Waals surface area contributed by atoms with E-state index < -0.39 is 10.0 Å². The maximum Gasteiger partial charge on any atom is 0.254 e. The molecular formula is C17H24N2O4S. The molecule has 1 aromatic carbocycles. The van der Waals surface area contributed by atoms with Crippen molar-refractivity contribution in [2.45, 2.75) is 38.9 Å². The lowest BCUT2D eigenvalue weighted by molar-refractivity contribution is -0.118. The molecule has 132 valence electrons. The summed E-state index contributed by atoms with van der Waals surface area (Å²) in [6, 6.07) is 5.29. The van der Waals surface area contributed by atoms with Gasteiger partial charge in [-0.3, -0.25) is 9.10 Å². The number of benzene rings is 1. The van der Waals surface area contributed by atoms with Crippen molar-refractivity contribution in [1.29, 1.82) is 0 Å². The summed E-state index contributed by atoms with van der Waals surface area (Å²) in [7, 11) is -3.27. The summed E-state index contributed by atoms with van der Waals surface area (Å²) >= 11 is 0. The summed E-state index contributed by atoms with van der Waals surface area (Å²) < 4.78 is 30.9. The Bertz CT molecular complexity index is 773. The van der Waals surface area contributed by atoms with E-state index in [9.17, 15) is 13.2 Å². The first-order valence-corrected chi connectivity index (χ1v) is 9.99. The number of hydrogen-bond acceptors (Lipinski definition) is 4. The molecular weight excluding hydrogens is 328 g/mol. The van der Waals surface area contributed by atoms with Crippen molar-refractivity contribution in [3.8, 4) is 0 Å². The van der Waals surface area contributed by atoms with Crippen LogP contribution in [0.2, 0.25) is 0 Å². The van der Waals surface area contributed by atoms with Crippen molar-refractivity contribution in [2.24, 2.45) is 0 Å². The number of amides is 1. The molecule has 24 heavy (non-hydrogen) atoms. The van der Waals surface area contributed by atoms with Gasteiger partial charge in [-0.25, -0.2) is 8.42 Å². The number of rotatable bonds is 2. The summed E-state index contributed by atoms with van der Waals surface area (Å²) in [5.41, 5.74) is 1.84. The lowest BCUT2D eigenvalue weighted by atomic mass is 10.0.